The normalized spacial score (nSPS) is 10.3. The molecular formula is C16H12BrN5O3. The van der Waals surface area contributed by atoms with Gasteiger partial charge in [-0.25, -0.2) is 15.0 Å². The van der Waals surface area contributed by atoms with Gasteiger partial charge in [0.15, 0.2) is 0 Å². The van der Waals surface area contributed by atoms with Crippen molar-refractivity contribution < 1.29 is 9.66 Å². The van der Waals surface area contributed by atoms with Gasteiger partial charge in [-0.05, 0) is 41.1 Å². The monoisotopic (exact) mass is 401 g/mol. The quantitative estimate of drug-likeness (QED) is 0.499. The lowest BCUT2D eigenvalue weighted by Gasteiger charge is -2.09. The van der Waals surface area contributed by atoms with E-state index in [1.165, 1.54) is 6.20 Å². The molecule has 0 spiro atoms. The lowest BCUT2D eigenvalue weighted by atomic mass is 10.2. The zero-order valence-electron chi connectivity index (χ0n) is 13.0. The molecule has 0 unspecified atom stereocenters. The second kappa shape index (κ2) is 7.22. The number of benzene rings is 1. The highest BCUT2D eigenvalue weighted by Crippen LogP contribution is 2.25. The van der Waals surface area contributed by atoms with Crippen molar-refractivity contribution in [2.75, 3.05) is 5.32 Å². The van der Waals surface area contributed by atoms with Gasteiger partial charge in [-0.15, -0.1) is 0 Å². The van der Waals surface area contributed by atoms with Crippen molar-refractivity contribution in [2.45, 2.75) is 6.92 Å². The fourth-order valence-electron chi connectivity index (χ4n) is 2.05. The van der Waals surface area contributed by atoms with Gasteiger partial charge in [-0.2, -0.15) is 0 Å². The zero-order valence-corrected chi connectivity index (χ0v) is 14.6. The van der Waals surface area contributed by atoms with E-state index >= 15 is 0 Å². The first-order chi connectivity index (χ1) is 12.0. The van der Waals surface area contributed by atoms with Gasteiger partial charge >= 0.3 is 6.01 Å². The second-order valence-corrected chi connectivity index (χ2v) is 5.97. The van der Waals surface area contributed by atoms with Crippen LogP contribution in [0.15, 0.2) is 53.4 Å². The molecule has 0 aliphatic carbocycles. The van der Waals surface area contributed by atoms with Crippen LogP contribution in [0.3, 0.4) is 0 Å². The van der Waals surface area contributed by atoms with Gasteiger partial charge in [0.25, 0.3) is 5.69 Å². The van der Waals surface area contributed by atoms with E-state index in [1.54, 1.807) is 43.6 Å². The summed E-state index contributed by atoms with van der Waals surface area (Å²) in [4.78, 5) is 22.5. The standard InChI is InChI=1S/C16H12BrN5O3/c1-10-5-15(18-9-14(10)22(23)24)21-12-3-2-4-13(6-12)25-16-19-7-11(17)8-20-16/h2-9H,1H3,(H,18,21). The average Bonchev–Trinajstić information content (AvgIpc) is 2.57. The van der Waals surface area contributed by atoms with Gasteiger partial charge in [-0.3, -0.25) is 10.1 Å². The summed E-state index contributed by atoms with van der Waals surface area (Å²) < 4.78 is 6.35. The van der Waals surface area contributed by atoms with Gasteiger partial charge in [0, 0.05) is 29.7 Å². The molecule has 0 aliphatic rings. The number of hydrogen-bond donors (Lipinski definition) is 1. The number of aryl methyl sites for hydroxylation is 1. The fraction of sp³-hybridized carbons (Fsp3) is 0.0625. The number of anilines is 2. The van der Waals surface area contributed by atoms with Crippen LogP contribution in [0.1, 0.15) is 5.56 Å². The van der Waals surface area contributed by atoms with Crippen LogP contribution in [0.5, 0.6) is 11.8 Å². The van der Waals surface area contributed by atoms with Crippen LogP contribution in [0.25, 0.3) is 0 Å². The predicted molar refractivity (Wildman–Crippen MR) is 95.2 cm³/mol. The third kappa shape index (κ3) is 4.27. The van der Waals surface area contributed by atoms with E-state index in [1.807, 2.05) is 6.07 Å². The van der Waals surface area contributed by atoms with Crippen molar-refractivity contribution in [2.24, 2.45) is 0 Å². The van der Waals surface area contributed by atoms with E-state index in [-0.39, 0.29) is 11.7 Å². The average molecular weight is 402 g/mol. The molecular weight excluding hydrogens is 390 g/mol. The van der Waals surface area contributed by atoms with Crippen molar-refractivity contribution >= 4 is 33.1 Å². The maximum Gasteiger partial charge on any atom is 0.321 e. The molecule has 0 radical (unpaired) electrons. The number of aromatic nitrogens is 3. The summed E-state index contributed by atoms with van der Waals surface area (Å²) >= 11 is 3.26. The Morgan fingerprint density at radius 3 is 2.60 bits per heavy atom. The number of hydrogen-bond acceptors (Lipinski definition) is 7. The van der Waals surface area contributed by atoms with E-state index in [9.17, 15) is 10.1 Å². The highest BCUT2D eigenvalue weighted by atomic mass is 79.9. The number of ether oxygens (including phenoxy) is 1. The first-order valence-corrected chi connectivity index (χ1v) is 7.94. The van der Waals surface area contributed by atoms with Crippen LogP contribution in [-0.4, -0.2) is 19.9 Å². The molecule has 0 aliphatic heterocycles. The van der Waals surface area contributed by atoms with Crippen molar-refractivity contribution in [1.29, 1.82) is 0 Å². The van der Waals surface area contributed by atoms with Crippen LogP contribution < -0.4 is 10.1 Å². The topological polar surface area (TPSA) is 103 Å². The Morgan fingerprint density at radius 1 is 1.16 bits per heavy atom. The number of halogens is 1. The second-order valence-electron chi connectivity index (χ2n) is 5.05. The molecule has 3 aromatic rings. The molecule has 0 atom stereocenters. The molecule has 2 aromatic heterocycles. The molecule has 0 amide bonds. The fourth-order valence-corrected chi connectivity index (χ4v) is 2.26. The van der Waals surface area contributed by atoms with Gasteiger partial charge in [0.05, 0.1) is 9.40 Å². The molecule has 0 bridgehead atoms. The maximum atomic E-state index is 10.8. The Balaban J connectivity index is 1.76. The Bertz CT molecular complexity index is 918. The number of pyridine rings is 1. The lowest BCUT2D eigenvalue weighted by Crippen LogP contribution is -1.98. The number of nitro groups is 1. The largest absolute Gasteiger partial charge is 0.424 e. The van der Waals surface area contributed by atoms with Crippen molar-refractivity contribution in [3.8, 4) is 11.8 Å². The zero-order chi connectivity index (χ0) is 17.8. The highest BCUT2D eigenvalue weighted by molar-refractivity contribution is 9.10. The summed E-state index contributed by atoms with van der Waals surface area (Å²) in [6.45, 7) is 1.66. The highest BCUT2D eigenvalue weighted by Gasteiger charge is 2.11. The SMILES string of the molecule is Cc1cc(Nc2cccc(Oc3ncc(Br)cn3)c2)ncc1[N+](=O)[O-]. The summed E-state index contributed by atoms with van der Waals surface area (Å²) in [5.74, 6) is 1.05. The van der Waals surface area contributed by atoms with Crippen LogP contribution in [0, 0.1) is 17.0 Å². The Morgan fingerprint density at radius 2 is 1.92 bits per heavy atom. The minimum Gasteiger partial charge on any atom is -0.424 e. The number of nitrogens with zero attached hydrogens (tertiary/aromatic N) is 4. The lowest BCUT2D eigenvalue weighted by molar-refractivity contribution is -0.385. The van der Waals surface area contributed by atoms with E-state index in [4.69, 9.17) is 4.74 Å². The molecule has 1 N–H and O–H groups in total. The molecule has 0 saturated heterocycles. The van der Waals surface area contributed by atoms with Gasteiger partial charge in [0.1, 0.15) is 17.8 Å². The van der Waals surface area contributed by atoms with E-state index in [0.717, 1.165) is 10.2 Å². The molecule has 8 nitrogen and oxygen atoms in total. The molecule has 0 fully saturated rings. The van der Waals surface area contributed by atoms with Crippen LogP contribution in [-0.2, 0) is 0 Å². The molecule has 9 heteroatoms. The summed E-state index contributed by atoms with van der Waals surface area (Å²) in [7, 11) is 0. The number of nitrogens with one attached hydrogen (secondary N) is 1. The van der Waals surface area contributed by atoms with Gasteiger partial charge < -0.3 is 10.1 Å². The minimum absolute atomic E-state index is 0.0185. The molecule has 3 rings (SSSR count). The molecule has 126 valence electrons. The molecule has 1 aromatic carbocycles. The summed E-state index contributed by atoms with van der Waals surface area (Å²) in [6, 6.07) is 8.99. The Labute approximate surface area is 151 Å². The summed E-state index contributed by atoms with van der Waals surface area (Å²) in [5, 5.41) is 13.9. The molecule has 2 heterocycles. The molecule has 0 saturated carbocycles. The summed E-state index contributed by atoms with van der Waals surface area (Å²) in [6.07, 6.45) is 4.41. The molecule has 25 heavy (non-hydrogen) atoms. The summed E-state index contributed by atoms with van der Waals surface area (Å²) in [5.41, 5.74) is 1.23. The van der Waals surface area contributed by atoms with Crippen LogP contribution in [0.2, 0.25) is 0 Å². The maximum absolute atomic E-state index is 10.8. The van der Waals surface area contributed by atoms with Crippen LogP contribution in [0.4, 0.5) is 17.2 Å². The van der Waals surface area contributed by atoms with Crippen LogP contribution >= 0.6 is 15.9 Å². The van der Waals surface area contributed by atoms with E-state index in [0.29, 0.717) is 17.1 Å². The Hall–Kier alpha value is -3.07. The van der Waals surface area contributed by atoms with E-state index < -0.39 is 4.92 Å². The van der Waals surface area contributed by atoms with E-state index in [2.05, 4.69) is 36.2 Å². The van der Waals surface area contributed by atoms with Crippen molar-refractivity contribution in [1.82, 2.24) is 15.0 Å². The predicted octanol–water partition coefficient (Wildman–Crippen LogP) is 4.39. The van der Waals surface area contributed by atoms with Crippen molar-refractivity contribution in [3.05, 3.63) is 69.1 Å². The van der Waals surface area contributed by atoms with Gasteiger partial charge in [0.2, 0.25) is 0 Å². The van der Waals surface area contributed by atoms with Crippen molar-refractivity contribution in [3.63, 3.8) is 0 Å². The third-order valence-corrected chi connectivity index (χ3v) is 3.60. The van der Waals surface area contributed by atoms with Gasteiger partial charge in [-0.1, -0.05) is 6.07 Å². The minimum atomic E-state index is -0.460. The number of rotatable bonds is 5. The smallest absolute Gasteiger partial charge is 0.321 e. The first kappa shape index (κ1) is 16.8. The third-order valence-electron chi connectivity index (χ3n) is 3.19. The Kier molecular flexibility index (Phi) is 4.85. The first-order valence-electron chi connectivity index (χ1n) is 7.15.